The van der Waals surface area contributed by atoms with E-state index in [0.29, 0.717) is 17.1 Å². The van der Waals surface area contributed by atoms with Crippen molar-refractivity contribution >= 4 is 39.7 Å². The molecule has 0 saturated heterocycles. The molecule has 0 aliphatic carbocycles. The molecule has 4 N–H and O–H groups in total. The van der Waals surface area contributed by atoms with Crippen LogP contribution < -0.4 is 16.4 Å². The van der Waals surface area contributed by atoms with Gasteiger partial charge in [0.15, 0.2) is 0 Å². The monoisotopic (exact) mass is 325 g/mol. The number of halogens is 1. The fourth-order valence-electron chi connectivity index (χ4n) is 2.03. The second kappa shape index (κ2) is 6.36. The molecule has 0 fully saturated rings. The van der Waals surface area contributed by atoms with Crippen LogP contribution in [0.5, 0.6) is 0 Å². The third-order valence-electron chi connectivity index (χ3n) is 2.97. The molecule has 21 heavy (non-hydrogen) atoms. The van der Waals surface area contributed by atoms with Crippen molar-refractivity contribution in [3.63, 3.8) is 0 Å². The highest BCUT2D eigenvalue weighted by molar-refractivity contribution is 7.99. The molecule has 1 heterocycles. The molecule has 4 nitrogen and oxygen atoms in total. The molecule has 112 valence electrons. The van der Waals surface area contributed by atoms with Crippen LogP contribution in [0.2, 0.25) is 0 Å². The summed E-state index contributed by atoms with van der Waals surface area (Å²) >= 11 is 2.73. The molecule has 1 aromatic carbocycles. The van der Waals surface area contributed by atoms with Crippen molar-refractivity contribution in [2.45, 2.75) is 11.4 Å². The molecule has 0 saturated carbocycles. The van der Waals surface area contributed by atoms with E-state index in [1.54, 1.807) is 6.07 Å². The average Bonchev–Trinajstić information content (AvgIpc) is 2.75. The number of amides is 1. The molecule has 0 bridgehead atoms. The van der Waals surface area contributed by atoms with Crippen molar-refractivity contribution in [3.05, 3.63) is 40.5 Å². The summed E-state index contributed by atoms with van der Waals surface area (Å²) in [7, 11) is 1.88. The van der Waals surface area contributed by atoms with Crippen LogP contribution in [0.1, 0.15) is 15.2 Å². The Labute approximate surface area is 130 Å². The molecule has 1 aromatic heterocycles. The van der Waals surface area contributed by atoms with Crippen LogP contribution in [0.4, 0.5) is 15.1 Å². The van der Waals surface area contributed by atoms with Crippen LogP contribution in [0.15, 0.2) is 29.2 Å². The van der Waals surface area contributed by atoms with Gasteiger partial charge in [-0.15, -0.1) is 23.1 Å². The van der Waals surface area contributed by atoms with Gasteiger partial charge in [-0.3, -0.25) is 4.79 Å². The fraction of sp³-hybridized carbons (Fsp3) is 0.214. The lowest BCUT2D eigenvalue weighted by Gasteiger charge is -2.19. The van der Waals surface area contributed by atoms with Crippen LogP contribution in [-0.4, -0.2) is 19.2 Å². The Bertz CT molecular complexity index is 672. The van der Waals surface area contributed by atoms with Gasteiger partial charge in [0.25, 0.3) is 5.91 Å². The van der Waals surface area contributed by atoms with Crippen molar-refractivity contribution in [3.8, 4) is 0 Å². The minimum atomic E-state index is -0.529. The lowest BCUT2D eigenvalue weighted by Crippen LogP contribution is -2.15. The summed E-state index contributed by atoms with van der Waals surface area (Å²) in [6.07, 6.45) is 1.89. The normalized spacial score (nSPS) is 10.6. The first-order valence-electron chi connectivity index (χ1n) is 6.15. The highest BCUT2D eigenvalue weighted by Gasteiger charge is 2.21. The number of thioether (sulfide) groups is 1. The summed E-state index contributed by atoms with van der Waals surface area (Å²) in [5.41, 5.74) is 12.6. The molecule has 2 rings (SSSR count). The van der Waals surface area contributed by atoms with Gasteiger partial charge in [-0.25, -0.2) is 4.39 Å². The van der Waals surface area contributed by atoms with Crippen molar-refractivity contribution in [2.75, 3.05) is 23.9 Å². The van der Waals surface area contributed by atoms with Crippen LogP contribution in [0, 0.1) is 5.82 Å². The first kappa shape index (κ1) is 15.7. The fourth-order valence-corrected chi connectivity index (χ4v) is 4.05. The van der Waals surface area contributed by atoms with Gasteiger partial charge in [0.05, 0.1) is 10.6 Å². The number of nitrogens with two attached hydrogens (primary N) is 2. The molecular weight excluding hydrogens is 309 g/mol. The molecular formula is C14H16FN3OS2. The van der Waals surface area contributed by atoms with Crippen LogP contribution in [-0.2, 0) is 6.54 Å². The Morgan fingerprint density at radius 2 is 2.19 bits per heavy atom. The Kier molecular flexibility index (Phi) is 4.74. The van der Waals surface area contributed by atoms with Gasteiger partial charge in [0.2, 0.25) is 0 Å². The number of hydrogen-bond donors (Lipinski definition) is 2. The van der Waals surface area contributed by atoms with E-state index < -0.39 is 5.91 Å². The molecule has 0 aliphatic rings. The number of benzene rings is 1. The Balaban J connectivity index is 2.32. The zero-order chi connectivity index (χ0) is 15.6. The minimum absolute atomic E-state index is 0.269. The average molecular weight is 325 g/mol. The summed E-state index contributed by atoms with van der Waals surface area (Å²) in [5.74, 6) is -0.798. The highest BCUT2D eigenvalue weighted by Crippen LogP contribution is 2.43. The van der Waals surface area contributed by atoms with Gasteiger partial charge in [-0.05, 0) is 24.0 Å². The van der Waals surface area contributed by atoms with E-state index in [-0.39, 0.29) is 5.82 Å². The predicted octanol–water partition coefficient (Wildman–Crippen LogP) is 2.93. The van der Waals surface area contributed by atoms with Crippen LogP contribution in [0.25, 0.3) is 0 Å². The third-order valence-corrected chi connectivity index (χ3v) is 5.25. The lowest BCUT2D eigenvalue weighted by molar-refractivity contribution is 0.100. The number of anilines is 2. The van der Waals surface area contributed by atoms with Crippen molar-refractivity contribution in [2.24, 2.45) is 5.73 Å². The number of nitrogen functional groups attached to an aromatic ring is 1. The van der Waals surface area contributed by atoms with Gasteiger partial charge < -0.3 is 16.4 Å². The summed E-state index contributed by atoms with van der Waals surface area (Å²) in [6.45, 7) is 0.517. The summed E-state index contributed by atoms with van der Waals surface area (Å²) < 4.78 is 13.2. The van der Waals surface area contributed by atoms with E-state index in [9.17, 15) is 9.18 Å². The van der Waals surface area contributed by atoms with Gasteiger partial charge in [-0.2, -0.15) is 0 Å². The van der Waals surface area contributed by atoms with Crippen molar-refractivity contribution in [1.29, 1.82) is 0 Å². The first-order valence-corrected chi connectivity index (χ1v) is 8.19. The number of rotatable bonds is 5. The maximum Gasteiger partial charge on any atom is 0.261 e. The summed E-state index contributed by atoms with van der Waals surface area (Å²) in [6, 6.07) is 6.42. The van der Waals surface area contributed by atoms with Gasteiger partial charge in [-0.1, -0.05) is 12.1 Å². The first-order chi connectivity index (χ1) is 9.93. The van der Waals surface area contributed by atoms with E-state index >= 15 is 0 Å². The maximum absolute atomic E-state index is 13.2. The zero-order valence-electron chi connectivity index (χ0n) is 11.7. The number of hydrogen-bond acceptors (Lipinski definition) is 5. The van der Waals surface area contributed by atoms with Crippen LogP contribution in [0.3, 0.4) is 0 Å². The Hall–Kier alpha value is -1.73. The predicted molar refractivity (Wildman–Crippen MR) is 87.5 cm³/mol. The second-order valence-corrected chi connectivity index (χ2v) is 6.35. The standard InChI is InChI=1S/C14H16FN3OS2/c1-18(7-8-4-3-5-9(15)6-8)14-12(20-2)10(16)11(21-14)13(17)19/h3-6H,7,16H2,1-2H3,(H2,17,19). The quantitative estimate of drug-likeness (QED) is 0.829. The number of thiophene rings is 1. The van der Waals surface area contributed by atoms with Gasteiger partial charge in [0, 0.05) is 13.6 Å². The number of primary amides is 1. The van der Waals surface area contributed by atoms with E-state index in [4.69, 9.17) is 11.5 Å². The van der Waals surface area contributed by atoms with Gasteiger partial charge in [0.1, 0.15) is 15.7 Å². The molecule has 1 amide bonds. The van der Waals surface area contributed by atoms with Crippen molar-refractivity contribution < 1.29 is 9.18 Å². The zero-order valence-corrected chi connectivity index (χ0v) is 13.4. The topological polar surface area (TPSA) is 72.3 Å². The number of nitrogens with zero attached hydrogens (tertiary/aromatic N) is 1. The molecule has 0 spiro atoms. The molecule has 0 radical (unpaired) electrons. The van der Waals surface area contributed by atoms with E-state index in [0.717, 1.165) is 15.5 Å². The van der Waals surface area contributed by atoms with Crippen molar-refractivity contribution in [1.82, 2.24) is 0 Å². The van der Waals surface area contributed by atoms with E-state index in [2.05, 4.69) is 0 Å². The summed E-state index contributed by atoms with van der Waals surface area (Å²) in [4.78, 5) is 14.5. The molecule has 0 atom stereocenters. The number of carbonyl (C=O) groups is 1. The second-order valence-electron chi connectivity index (χ2n) is 4.53. The minimum Gasteiger partial charge on any atom is -0.396 e. The van der Waals surface area contributed by atoms with E-state index in [1.165, 1.54) is 35.2 Å². The SMILES string of the molecule is CSc1c(N(C)Cc2cccc(F)c2)sc(C(N)=O)c1N. The summed E-state index contributed by atoms with van der Waals surface area (Å²) in [5, 5.41) is 0.859. The smallest absolute Gasteiger partial charge is 0.261 e. The number of carbonyl (C=O) groups excluding carboxylic acids is 1. The van der Waals surface area contributed by atoms with Gasteiger partial charge >= 0.3 is 0 Å². The molecule has 0 aliphatic heterocycles. The Morgan fingerprint density at radius 3 is 2.76 bits per heavy atom. The lowest BCUT2D eigenvalue weighted by atomic mass is 10.2. The highest BCUT2D eigenvalue weighted by atomic mass is 32.2. The molecule has 7 heteroatoms. The largest absolute Gasteiger partial charge is 0.396 e. The van der Waals surface area contributed by atoms with Crippen LogP contribution >= 0.6 is 23.1 Å². The molecule has 0 unspecified atom stereocenters. The van der Waals surface area contributed by atoms with E-state index in [1.807, 2.05) is 24.3 Å². The molecule has 2 aromatic rings. The Morgan fingerprint density at radius 1 is 1.48 bits per heavy atom. The third kappa shape index (κ3) is 3.30. The maximum atomic E-state index is 13.2.